The Morgan fingerprint density at radius 2 is 1.79 bits per heavy atom. The van der Waals surface area contributed by atoms with E-state index in [4.69, 9.17) is 0 Å². The van der Waals surface area contributed by atoms with E-state index in [1.165, 1.54) is 11.0 Å². The highest BCUT2D eigenvalue weighted by molar-refractivity contribution is 5.78. The van der Waals surface area contributed by atoms with Crippen LogP contribution in [0.25, 0.3) is 0 Å². The molecule has 1 rings (SSSR count). The molecule has 0 fully saturated rings. The number of nitrogens with zero attached hydrogens (tertiary/aromatic N) is 1. The van der Waals surface area contributed by atoms with Crippen molar-refractivity contribution in [3.63, 3.8) is 0 Å². The Bertz CT molecular complexity index is 330. The van der Waals surface area contributed by atoms with Crippen molar-refractivity contribution in [3.8, 4) is 0 Å². The first kappa shape index (κ1) is 10.6. The molecule has 14 heavy (non-hydrogen) atoms. The van der Waals surface area contributed by atoms with Crippen molar-refractivity contribution < 1.29 is 13.6 Å². The number of carbonyl (C=O) groups is 1. The molecule has 0 saturated heterocycles. The predicted molar refractivity (Wildman–Crippen MR) is 48.8 cm³/mol. The van der Waals surface area contributed by atoms with Crippen molar-refractivity contribution >= 4 is 5.91 Å². The summed E-state index contributed by atoms with van der Waals surface area (Å²) in [6.07, 6.45) is -0.245. The first-order valence-electron chi connectivity index (χ1n) is 4.15. The van der Waals surface area contributed by atoms with Gasteiger partial charge in [0, 0.05) is 19.7 Å². The van der Waals surface area contributed by atoms with Gasteiger partial charge in [0.1, 0.15) is 11.6 Å². The zero-order valence-corrected chi connectivity index (χ0v) is 8.05. The lowest BCUT2D eigenvalue weighted by molar-refractivity contribution is -0.128. The van der Waals surface area contributed by atoms with Gasteiger partial charge in [0.25, 0.3) is 0 Å². The van der Waals surface area contributed by atoms with Gasteiger partial charge in [0.2, 0.25) is 5.91 Å². The second kappa shape index (κ2) is 4.17. The number of carbonyl (C=O) groups excluding carboxylic acids is 1. The molecule has 0 spiro atoms. The Morgan fingerprint density at radius 1 is 1.29 bits per heavy atom. The SMILES string of the molecule is CN(C)C(=O)Cc1c(F)cccc1F. The highest BCUT2D eigenvalue weighted by Crippen LogP contribution is 2.13. The van der Waals surface area contributed by atoms with Gasteiger partial charge in [-0.3, -0.25) is 4.79 Å². The van der Waals surface area contributed by atoms with E-state index in [1.807, 2.05) is 0 Å². The molecule has 2 nitrogen and oxygen atoms in total. The molecule has 0 saturated carbocycles. The molecule has 1 aromatic rings. The molecule has 0 bridgehead atoms. The van der Waals surface area contributed by atoms with Crippen molar-refractivity contribution in [1.29, 1.82) is 0 Å². The van der Waals surface area contributed by atoms with Crippen LogP contribution in [-0.4, -0.2) is 24.9 Å². The van der Waals surface area contributed by atoms with Crippen molar-refractivity contribution in [3.05, 3.63) is 35.4 Å². The van der Waals surface area contributed by atoms with E-state index in [9.17, 15) is 13.6 Å². The van der Waals surface area contributed by atoms with E-state index in [0.29, 0.717) is 0 Å². The van der Waals surface area contributed by atoms with E-state index >= 15 is 0 Å². The van der Waals surface area contributed by atoms with Crippen molar-refractivity contribution in [1.82, 2.24) is 4.90 Å². The van der Waals surface area contributed by atoms with Gasteiger partial charge in [-0.05, 0) is 12.1 Å². The second-order valence-corrected chi connectivity index (χ2v) is 3.17. The molecule has 0 aliphatic rings. The Hall–Kier alpha value is -1.45. The molecule has 0 N–H and O–H groups in total. The minimum atomic E-state index is -0.680. The molecular weight excluding hydrogens is 188 g/mol. The molecule has 0 unspecified atom stereocenters. The zero-order chi connectivity index (χ0) is 10.7. The molecule has 0 heterocycles. The lowest BCUT2D eigenvalue weighted by Crippen LogP contribution is -2.24. The highest BCUT2D eigenvalue weighted by atomic mass is 19.1. The van der Waals surface area contributed by atoms with Crippen molar-refractivity contribution in [2.75, 3.05) is 14.1 Å². The number of benzene rings is 1. The Labute approximate surface area is 81.1 Å². The summed E-state index contributed by atoms with van der Waals surface area (Å²) in [5.41, 5.74) is -0.175. The van der Waals surface area contributed by atoms with Gasteiger partial charge in [0.15, 0.2) is 0 Å². The van der Waals surface area contributed by atoms with E-state index in [2.05, 4.69) is 0 Å². The van der Waals surface area contributed by atoms with Crippen LogP contribution in [0.15, 0.2) is 18.2 Å². The number of hydrogen-bond acceptors (Lipinski definition) is 1. The van der Waals surface area contributed by atoms with Gasteiger partial charge in [0.05, 0.1) is 6.42 Å². The Morgan fingerprint density at radius 3 is 2.21 bits per heavy atom. The third-order valence-corrected chi connectivity index (χ3v) is 1.89. The Balaban J connectivity index is 2.91. The maximum Gasteiger partial charge on any atom is 0.226 e. The molecule has 1 amide bonds. The third kappa shape index (κ3) is 2.28. The van der Waals surface area contributed by atoms with E-state index < -0.39 is 11.6 Å². The first-order valence-corrected chi connectivity index (χ1v) is 4.15. The average Bonchev–Trinajstić information content (AvgIpc) is 2.11. The molecular formula is C10H11F2NO. The number of halogens is 2. The van der Waals surface area contributed by atoms with Crippen LogP contribution in [0.1, 0.15) is 5.56 Å². The molecule has 0 aliphatic carbocycles. The molecule has 0 aliphatic heterocycles. The minimum absolute atomic E-state index is 0.175. The summed E-state index contributed by atoms with van der Waals surface area (Å²) < 4.78 is 26.1. The van der Waals surface area contributed by atoms with Gasteiger partial charge in [-0.15, -0.1) is 0 Å². The highest BCUT2D eigenvalue weighted by Gasteiger charge is 2.13. The monoisotopic (exact) mass is 199 g/mol. The molecule has 0 atom stereocenters. The van der Waals surface area contributed by atoms with Gasteiger partial charge in [-0.25, -0.2) is 8.78 Å². The van der Waals surface area contributed by atoms with Crippen LogP contribution in [0.4, 0.5) is 8.78 Å². The summed E-state index contributed by atoms with van der Waals surface area (Å²) in [6, 6.07) is 3.55. The van der Waals surface area contributed by atoms with Crippen LogP contribution in [0.5, 0.6) is 0 Å². The fraction of sp³-hybridized carbons (Fsp3) is 0.300. The van der Waals surface area contributed by atoms with Crippen molar-refractivity contribution in [2.45, 2.75) is 6.42 Å². The van der Waals surface area contributed by atoms with E-state index in [0.717, 1.165) is 12.1 Å². The smallest absolute Gasteiger partial charge is 0.226 e. The van der Waals surface area contributed by atoms with Gasteiger partial charge in [-0.2, -0.15) is 0 Å². The van der Waals surface area contributed by atoms with Crippen molar-refractivity contribution in [2.24, 2.45) is 0 Å². The standard InChI is InChI=1S/C10H11F2NO/c1-13(2)10(14)6-7-8(11)4-3-5-9(7)12/h3-5H,6H2,1-2H3. The van der Waals surface area contributed by atoms with Crippen LogP contribution in [0.3, 0.4) is 0 Å². The number of amides is 1. The van der Waals surface area contributed by atoms with Crippen LogP contribution >= 0.6 is 0 Å². The van der Waals surface area contributed by atoms with Gasteiger partial charge >= 0.3 is 0 Å². The summed E-state index contributed by atoms with van der Waals surface area (Å²) in [6.45, 7) is 0. The van der Waals surface area contributed by atoms with Crippen LogP contribution in [0, 0.1) is 11.6 Å². The summed E-state index contributed by atoms with van der Waals surface area (Å²) in [5.74, 6) is -1.69. The average molecular weight is 199 g/mol. The summed E-state index contributed by atoms with van der Waals surface area (Å²) in [4.78, 5) is 12.5. The normalized spacial score (nSPS) is 10.0. The Kier molecular flexibility index (Phi) is 3.17. The van der Waals surface area contributed by atoms with Crippen LogP contribution in [-0.2, 0) is 11.2 Å². The first-order chi connectivity index (χ1) is 6.52. The quantitative estimate of drug-likeness (QED) is 0.708. The lowest BCUT2D eigenvalue weighted by atomic mass is 10.1. The summed E-state index contributed by atoms with van der Waals surface area (Å²) >= 11 is 0. The van der Waals surface area contributed by atoms with Gasteiger partial charge < -0.3 is 4.90 Å². The predicted octanol–water partition coefficient (Wildman–Crippen LogP) is 1.60. The second-order valence-electron chi connectivity index (χ2n) is 3.17. The topological polar surface area (TPSA) is 20.3 Å². The third-order valence-electron chi connectivity index (χ3n) is 1.89. The zero-order valence-electron chi connectivity index (χ0n) is 8.05. The minimum Gasteiger partial charge on any atom is -0.349 e. The number of hydrogen-bond donors (Lipinski definition) is 0. The van der Waals surface area contributed by atoms with E-state index in [1.54, 1.807) is 14.1 Å². The fourth-order valence-corrected chi connectivity index (χ4v) is 1.01. The fourth-order valence-electron chi connectivity index (χ4n) is 1.01. The van der Waals surface area contributed by atoms with Gasteiger partial charge in [-0.1, -0.05) is 6.07 Å². The van der Waals surface area contributed by atoms with E-state index in [-0.39, 0.29) is 17.9 Å². The van der Waals surface area contributed by atoms with Crippen LogP contribution < -0.4 is 0 Å². The molecule has 4 heteroatoms. The maximum absolute atomic E-state index is 13.1. The summed E-state index contributed by atoms with van der Waals surface area (Å²) in [7, 11) is 3.09. The maximum atomic E-state index is 13.1. The molecule has 76 valence electrons. The molecule has 0 radical (unpaired) electrons. The summed E-state index contributed by atoms with van der Waals surface area (Å²) in [5, 5.41) is 0. The van der Waals surface area contributed by atoms with Crippen LogP contribution in [0.2, 0.25) is 0 Å². The number of likely N-dealkylation sites (N-methyl/N-ethyl adjacent to an activating group) is 1. The lowest BCUT2D eigenvalue weighted by Gasteiger charge is -2.10. The molecule has 1 aromatic carbocycles. The number of rotatable bonds is 2. The molecule has 0 aromatic heterocycles. The largest absolute Gasteiger partial charge is 0.349 e.